The lowest BCUT2D eigenvalue weighted by Crippen LogP contribution is -2.10. The highest BCUT2D eigenvalue weighted by atomic mass is 16.1. The van der Waals surface area contributed by atoms with Crippen LogP contribution >= 0.6 is 0 Å². The molecule has 0 radical (unpaired) electrons. The van der Waals surface area contributed by atoms with Crippen molar-refractivity contribution in [2.24, 2.45) is 5.92 Å². The summed E-state index contributed by atoms with van der Waals surface area (Å²) in [7, 11) is 0. The van der Waals surface area contributed by atoms with E-state index < -0.39 is 0 Å². The molecule has 1 aromatic carbocycles. The first kappa shape index (κ1) is 9.33. The van der Waals surface area contributed by atoms with Gasteiger partial charge in [-0.15, -0.1) is 0 Å². The van der Waals surface area contributed by atoms with Crippen LogP contribution in [-0.2, 0) is 0 Å². The normalized spacial score (nSPS) is 23.4. The number of ketones is 1. The maximum Gasteiger partial charge on any atom is 0.166 e. The van der Waals surface area contributed by atoms with E-state index in [-0.39, 0.29) is 17.6 Å². The smallest absolute Gasteiger partial charge is 0.166 e. The highest BCUT2D eigenvalue weighted by Crippen LogP contribution is 2.40. The fraction of sp³-hybridized carbons (Fsp3) is 0.231. The van der Waals surface area contributed by atoms with Crippen molar-refractivity contribution in [2.75, 3.05) is 0 Å². The zero-order valence-electron chi connectivity index (χ0n) is 8.97. The number of carbonyl (C=O) groups excluding carboxylic acids is 1. The summed E-state index contributed by atoms with van der Waals surface area (Å²) in [4.78, 5) is 19.2. The summed E-state index contributed by atoms with van der Waals surface area (Å²) in [5, 5.41) is 0. The molecule has 1 aromatic heterocycles. The minimum absolute atomic E-state index is 0.00199. The van der Waals surface area contributed by atoms with E-state index in [9.17, 15) is 4.79 Å². The van der Waals surface area contributed by atoms with E-state index >= 15 is 0 Å². The predicted molar refractivity (Wildman–Crippen MR) is 60.4 cm³/mol. The molecule has 0 aliphatic heterocycles. The number of Topliss-reactive ketones (excluding diaryl/α,β-unsaturated/α-hetero) is 1. The van der Waals surface area contributed by atoms with Gasteiger partial charge < -0.3 is 4.98 Å². The van der Waals surface area contributed by atoms with Gasteiger partial charge in [0, 0.05) is 29.3 Å². The van der Waals surface area contributed by atoms with Gasteiger partial charge in [0.15, 0.2) is 5.78 Å². The van der Waals surface area contributed by atoms with Gasteiger partial charge in [0.25, 0.3) is 0 Å². The molecule has 0 saturated carbocycles. The average molecular weight is 212 g/mol. The van der Waals surface area contributed by atoms with Crippen LogP contribution in [0.4, 0.5) is 0 Å². The molecule has 3 heteroatoms. The van der Waals surface area contributed by atoms with E-state index in [1.807, 2.05) is 31.2 Å². The van der Waals surface area contributed by atoms with Gasteiger partial charge in [0.2, 0.25) is 0 Å². The molecule has 80 valence electrons. The fourth-order valence-electron chi connectivity index (χ4n) is 2.53. The molecular weight excluding hydrogens is 200 g/mol. The maximum absolute atomic E-state index is 12.1. The average Bonchev–Trinajstić information content (AvgIpc) is 2.89. The van der Waals surface area contributed by atoms with E-state index in [4.69, 9.17) is 0 Å². The van der Waals surface area contributed by atoms with E-state index in [0.29, 0.717) is 0 Å². The molecular formula is C13H12N2O. The topological polar surface area (TPSA) is 45.8 Å². The number of hydrogen-bond donors (Lipinski definition) is 1. The Morgan fingerprint density at radius 3 is 2.88 bits per heavy atom. The number of hydrogen-bond acceptors (Lipinski definition) is 2. The molecule has 1 heterocycles. The lowest BCUT2D eigenvalue weighted by atomic mass is 9.91. The Morgan fingerprint density at radius 2 is 2.12 bits per heavy atom. The van der Waals surface area contributed by atoms with Crippen molar-refractivity contribution < 1.29 is 4.79 Å². The molecule has 0 bridgehead atoms. The number of carbonyl (C=O) groups is 1. The van der Waals surface area contributed by atoms with Crippen LogP contribution in [0.1, 0.15) is 34.5 Å². The van der Waals surface area contributed by atoms with Gasteiger partial charge in [-0.25, -0.2) is 4.98 Å². The summed E-state index contributed by atoms with van der Waals surface area (Å²) in [5.74, 6) is 0.360. The number of rotatable bonds is 1. The molecule has 2 atom stereocenters. The molecule has 3 nitrogen and oxygen atoms in total. The van der Waals surface area contributed by atoms with Crippen molar-refractivity contribution in [3.8, 4) is 0 Å². The number of nitrogens with one attached hydrogen (secondary N) is 1. The highest BCUT2D eigenvalue weighted by Gasteiger charge is 2.37. The Hall–Kier alpha value is -1.90. The molecule has 0 amide bonds. The lowest BCUT2D eigenvalue weighted by molar-refractivity contribution is 0.0939. The second-order valence-electron chi connectivity index (χ2n) is 4.22. The maximum atomic E-state index is 12.1. The minimum atomic E-state index is -0.00199. The van der Waals surface area contributed by atoms with Gasteiger partial charge in [-0.05, 0) is 5.56 Å². The molecule has 2 aromatic rings. The number of aromatic amines is 1. The van der Waals surface area contributed by atoms with Crippen molar-refractivity contribution >= 4 is 5.78 Å². The Morgan fingerprint density at radius 1 is 1.31 bits per heavy atom. The number of nitrogens with zero attached hydrogens (tertiary/aromatic N) is 1. The van der Waals surface area contributed by atoms with Crippen molar-refractivity contribution in [2.45, 2.75) is 12.8 Å². The molecule has 1 aliphatic carbocycles. The zero-order valence-corrected chi connectivity index (χ0v) is 8.97. The largest absolute Gasteiger partial charge is 0.348 e. The summed E-state index contributed by atoms with van der Waals surface area (Å²) < 4.78 is 0. The first-order chi connectivity index (χ1) is 7.79. The number of fused-ring (bicyclic) bond motifs is 1. The zero-order chi connectivity index (χ0) is 11.1. The summed E-state index contributed by atoms with van der Waals surface area (Å²) in [6.45, 7) is 1.98. The standard InChI is InChI=1S/C13H12N2O/c1-8-12(11-6-14-7-15-11)9-4-2-3-5-10(9)13(8)16/h2-8,12H,1H3,(H,14,15). The van der Waals surface area contributed by atoms with Crippen LogP contribution in [0.3, 0.4) is 0 Å². The van der Waals surface area contributed by atoms with Gasteiger partial charge in [-0.2, -0.15) is 0 Å². The van der Waals surface area contributed by atoms with Gasteiger partial charge in [0.05, 0.1) is 6.33 Å². The summed E-state index contributed by atoms with van der Waals surface area (Å²) >= 11 is 0. The Kier molecular flexibility index (Phi) is 1.93. The van der Waals surface area contributed by atoms with E-state index in [1.165, 1.54) is 0 Å². The second-order valence-corrected chi connectivity index (χ2v) is 4.22. The SMILES string of the molecule is CC1C(=O)c2ccccc2C1c1cnc[nH]1. The summed E-state index contributed by atoms with van der Waals surface area (Å²) in [5.41, 5.74) is 2.99. The first-order valence-electron chi connectivity index (χ1n) is 5.40. The Balaban J connectivity index is 2.18. The van der Waals surface area contributed by atoms with E-state index in [0.717, 1.165) is 16.8 Å². The van der Waals surface area contributed by atoms with Crippen molar-refractivity contribution in [3.63, 3.8) is 0 Å². The van der Waals surface area contributed by atoms with Crippen LogP contribution in [0, 0.1) is 5.92 Å². The Bertz CT molecular complexity index is 531. The third-order valence-corrected chi connectivity index (χ3v) is 3.33. The number of H-pyrrole nitrogens is 1. The van der Waals surface area contributed by atoms with Gasteiger partial charge in [0.1, 0.15) is 0 Å². The van der Waals surface area contributed by atoms with E-state index in [2.05, 4.69) is 9.97 Å². The summed E-state index contributed by atoms with van der Waals surface area (Å²) in [6.07, 6.45) is 3.46. The third-order valence-electron chi connectivity index (χ3n) is 3.33. The number of benzene rings is 1. The van der Waals surface area contributed by atoms with Gasteiger partial charge >= 0.3 is 0 Å². The number of imidazole rings is 1. The van der Waals surface area contributed by atoms with Gasteiger partial charge in [-0.1, -0.05) is 31.2 Å². The van der Waals surface area contributed by atoms with Crippen molar-refractivity contribution in [1.82, 2.24) is 9.97 Å². The van der Waals surface area contributed by atoms with Gasteiger partial charge in [-0.3, -0.25) is 4.79 Å². The quantitative estimate of drug-likeness (QED) is 0.788. The monoisotopic (exact) mass is 212 g/mol. The molecule has 2 unspecified atom stereocenters. The Labute approximate surface area is 93.5 Å². The summed E-state index contributed by atoms with van der Waals surface area (Å²) in [6, 6.07) is 7.83. The molecule has 0 saturated heterocycles. The van der Waals surface area contributed by atoms with Crippen LogP contribution in [-0.4, -0.2) is 15.8 Å². The number of aromatic nitrogens is 2. The molecule has 0 spiro atoms. The third kappa shape index (κ3) is 1.14. The second kappa shape index (κ2) is 3.30. The van der Waals surface area contributed by atoms with Crippen LogP contribution in [0.2, 0.25) is 0 Å². The van der Waals surface area contributed by atoms with Crippen molar-refractivity contribution in [1.29, 1.82) is 0 Å². The van der Waals surface area contributed by atoms with Crippen LogP contribution < -0.4 is 0 Å². The molecule has 16 heavy (non-hydrogen) atoms. The van der Waals surface area contributed by atoms with Crippen molar-refractivity contribution in [3.05, 3.63) is 53.6 Å². The molecule has 3 rings (SSSR count). The van der Waals surface area contributed by atoms with Crippen LogP contribution in [0.5, 0.6) is 0 Å². The lowest BCUT2D eigenvalue weighted by Gasteiger charge is -2.13. The van der Waals surface area contributed by atoms with Crippen LogP contribution in [0.15, 0.2) is 36.8 Å². The molecule has 1 N–H and O–H groups in total. The first-order valence-corrected chi connectivity index (χ1v) is 5.40. The molecule has 1 aliphatic rings. The molecule has 0 fully saturated rings. The highest BCUT2D eigenvalue weighted by molar-refractivity contribution is 6.03. The van der Waals surface area contributed by atoms with Crippen LogP contribution in [0.25, 0.3) is 0 Å². The fourth-order valence-corrected chi connectivity index (χ4v) is 2.53. The van der Waals surface area contributed by atoms with E-state index in [1.54, 1.807) is 12.5 Å². The minimum Gasteiger partial charge on any atom is -0.348 e. The predicted octanol–water partition coefficient (Wildman–Crippen LogP) is 2.37.